The number of aryl methyl sites for hydroxylation is 1. The Morgan fingerprint density at radius 1 is 1.04 bits per heavy atom. The number of alkyl halides is 1. The largest absolute Gasteiger partial charge is 0.462 e. The molecule has 4 aromatic heterocycles. The standard InChI is InChI=1S/C51H56ClF2N11O8S4/c1-3-73-60-37(43-59-49(56)77-61-43)44(67)58-38-45(68)65-41(34(25-74-46(38)65)76-50-57-32(24-75-50)27-12-16-62(2)17-13-27)48(70)72-19-11-9-7-5-4-6-8-10-18-71-47(69)29-22-64(33-21-30(33)53)39-28(42(29)66)20-31(54)40(36(39)52)63-23-35(55)51(26-63)14-15-51/h12-13,16-17,20,22,24,30,33,35,38,46H,3-11,14-15,18-19,21,23,25-26,55H2,1-2H3,(H2-,56,58,59,61,67)/p+1/b60-37+/t30-,33?,35-,38-,46-/m1/s1. The van der Waals surface area contributed by atoms with Crippen molar-refractivity contribution in [3.63, 3.8) is 0 Å². The third-order valence-corrected chi connectivity index (χ3v) is 18.8. The van der Waals surface area contributed by atoms with E-state index in [0.29, 0.717) is 40.9 Å². The molecule has 3 aliphatic heterocycles. The van der Waals surface area contributed by atoms with Crippen LogP contribution in [0.2, 0.25) is 5.02 Å². The SMILES string of the molecule is CCO/N=C(/C(=O)N[C@@H]1C(=O)N2C(C(=O)OCCCCCCCCCCOC(=O)c3cn(C4C[C@H]4F)c4c(Cl)c(N5C[C@@H](N)C6(CC6)C5)c(F)cc4c3=O)=C(Sc3nc(-c4cc[n+](C)cc4)cs3)CS[C@H]12)c1nsc(N)n1. The first kappa shape index (κ1) is 54.6. The predicted octanol–water partition coefficient (Wildman–Crippen LogP) is 7.05. The summed E-state index contributed by atoms with van der Waals surface area (Å²) in [5, 5.41) is 7.98. The zero-order chi connectivity index (χ0) is 54.1. The van der Waals surface area contributed by atoms with E-state index in [1.807, 2.05) is 46.4 Å². The Hall–Kier alpha value is -5.73. The molecule has 77 heavy (non-hydrogen) atoms. The molecule has 2 saturated carbocycles. The lowest BCUT2D eigenvalue weighted by atomic mass is 10.0. The molecule has 7 heterocycles. The van der Waals surface area contributed by atoms with E-state index in [-0.39, 0.29) is 87.2 Å². The normalized spacial score (nSPS) is 21.4. The summed E-state index contributed by atoms with van der Waals surface area (Å²) in [5.41, 5.74) is 13.0. The number of nitrogens with one attached hydrogen (secondary N) is 1. The van der Waals surface area contributed by atoms with Crippen LogP contribution in [0.4, 0.5) is 19.6 Å². The van der Waals surface area contributed by atoms with Crippen molar-refractivity contribution >= 4 is 109 Å². The van der Waals surface area contributed by atoms with Gasteiger partial charge >= 0.3 is 11.9 Å². The van der Waals surface area contributed by atoms with E-state index in [0.717, 1.165) is 80.2 Å². The van der Waals surface area contributed by atoms with Gasteiger partial charge in [-0.1, -0.05) is 67.0 Å². The van der Waals surface area contributed by atoms with Gasteiger partial charge in [0.05, 0.1) is 46.6 Å². The number of benzene rings is 1. The average molecular weight is 1150 g/mol. The maximum atomic E-state index is 15.8. The van der Waals surface area contributed by atoms with Gasteiger partial charge < -0.3 is 40.6 Å². The number of nitrogens with zero attached hydrogens (tertiary/aromatic N) is 8. The van der Waals surface area contributed by atoms with E-state index in [2.05, 4.69) is 19.8 Å². The van der Waals surface area contributed by atoms with Gasteiger partial charge in [-0.2, -0.15) is 9.36 Å². The molecule has 5 atom stereocenters. The summed E-state index contributed by atoms with van der Waals surface area (Å²) in [7, 11) is 1.93. The van der Waals surface area contributed by atoms with Crippen LogP contribution >= 0.6 is 58.0 Å². The quantitative estimate of drug-likeness (QED) is 0.0148. The number of β-lactam (4-membered cyclic amide) rings is 1. The summed E-state index contributed by atoms with van der Waals surface area (Å²) in [5.74, 6) is -3.12. The fourth-order valence-electron chi connectivity index (χ4n) is 9.89. The van der Waals surface area contributed by atoms with Crippen LogP contribution in [0, 0.1) is 11.2 Å². The Labute approximate surface area is 463 Å². The second-order valence-corrected chi connectivity index (χ2v) is 24.2. The van der Waals surface area contributed by atoms with Gasteiger partial charge in [-0.3, -0.25) is 19.3 Å². The number of unbranched alkanes of at least 4 members (excludes halogenated alkanes) is 7. The number of ether oxygens (including phenoxy) is 2. The molecule has 0 bridgehead atoms. The van der Waals surface area contributed by atoms with Crippen molar-refractivity contribution in [2.24, 2.45) is 23.4 Å². The van der Waals surface area contributed by atoms with Gasteiger partial charge in [0.1, 0.15) is 48.3 Å². The lowest BCUT2D eigenvalue weighted by Gasteiger charge is -2.49. The molecular formula is C51H57ClF2N11O8S4+. The number of thiazole rings is 1. The summed E-state index contributed by atoms with van der Waals surface area (Å²) < 4.78 is 49.9. The molecule has 5 N–H and O–H groups in total. The molecule has 2 amide bonds. The van der Waals surface area contributed by atoms with Crippen molar-refractivity contribution in [1.82, 2.24) is 29.1 Å². The number of amides is 2. The van der Waals surface area contributed by atoms with E-state index >= 15 is 4.39 Å². The van der Waals surface area contributed by atoms with Gasteiger partial charge in [0, 0.05) is 82.4 Å². The highest BCUT2D eigenvalue weighted by Gasteiger charge is 2.56. The van der Waals surface area contributed by atoms with E-state index < -0.39 is 58.6 Å². The summed E-state index contributed by atoms with van der Waals surface area (Å²) in [6.07, 6.45) is 12.4. The van der Waals surface area contributed by atoms with Crippen LogP contribution in [0.3, 0.4) is 0 Å². The van der Waals surface area contributed by atoms with Crippen molar-refractivity contribution in [3.05, 3.63) is 85.2 Å². The minimum absolute atomic E-state index is 0.00288. The van der Waals surface area contributed by atoms with Gasteiger partial charge in [-0.15, -0.1) is 23.1 Å². The van der Waals surface area contributed by atoms with Crippen molar-refractivity contribution in [3.8, 4) is 11.3 Å². The summed E-state index contributed by atoms with van der Waals surface area (Å²) in [6, 6.07) is 3.26. The minimum atomic E-state index is -1.20. The second kappa shape index (κ2) is 23.3. The van der Waals surface area contributed by atoms with Crippen LogP contribution in [0.1, 0.15) is 99.8 Å². The van der Waals surface area contributed by atoms with Gasteiger partial charge in [0.15, 0.2) is 21.9 Å². The van der Waals surface area contributed by atoms with Gasteiger partial charge in [0.25, 0.3) is 11.8 Å². The first-order valence-electron chi connectivity index (χ1n) is 25.6. The van der Waals surface area contributed by atoms with Gasteiger partial charge in [-0.05, 0) is 38.7 Å². The number of hydrogen-bond acceptors (Lipinski definition) is 19. The Balaban J connectivity index is 0.693. The number of pyridine rings is 2. The number of nitrogens with two attached hydrogens (primary N) is 2. The van der Waals surface area contributed by atoms with Crippen molar-refractivity contribution in [1.29, 1.82) is 0 Å². The van der Waals surface area contributed by atoms with Crippen LogP contribution in [0.15, 0.2) is 67.1 Å². The van der Waals surface area contributed by atoms with E-state index in [9.17, 15) is 28.4 Å². The molecule has 19 nitrogen and oxygen atoms in total. The molecule has 5 aromatic rings. The molecular weight excluding hydrogens is 1100 g/mol. The fraction of sp³-hybridized carbons (Fsp3) is 0.490. The van der Waals surface area contributed by atoms with Gasteiger partial charge in [-0.25, -0.2) is 27.9 Å². The number of anilines is 2. The number of thioether (sulfide) groups is 2. The lowest BCUT2D eigenvalue weighted by molar-refractivity contribution is -0.671. The number of hydrogen-bond donors (Lipinski definition) is 3. The predicted molar refractivity (Wildman–Crippen MR) is 291 cm³/mol. The van der Waals surface area contributed by atoms with Crippen LogP contribution in [0.25, 0.3) is 22.2 Å². The topological polar surface area (TPSA) is 243 Å². The Bertz CT molecular complexity index is 3230. The first-order valence-corrected chi connectivity index (χ1v) is 29.5. The number of fused-ring (bicyclic) bond motifs is 2. The number of carbonyl (C=O) groups excluding carboxylic acids is 4. The molecule has 1 aromatic carbocycles. The number of halogens is 3. The Morgan fingerprint density at radius 3 is 2.36 bits per heavy atom. The zero-order valence-corrected chi connectivity index (χ0v) is 46.2. The molecule has 5 aliphatic rings. The highest BCUT2D eigenvalue weighted by atomic mass is 35.5. The number of oxime groups is 1. The van der Waals surface area contributed by atoms with Crippen LogP contribution in [-0.4, -0.2) is 116 Å². The molecule has 4 fully saturated rings. The molecule has 26 heteroatoms. The maximum Gasteiger partial charge on any atom is 0.355 e. The summed E-state index contributed by atoms with van der Waals surface area (Å²) in [6.45, 7) is 3.03. The summed E-state index contributed by atoms with van der Waals surface area (Å²) >= 11 is 11.9. The maximum absolute atomic E-state index is 15.8. The van der Waals surface area contributed by atoms with Crippen molar-refractivity contribution < 1.29 is 46.8 Å². The number of aromatic nitrogens is 5. The van der Waals surface area contributed by atoms with E-state index in [4.69, 9.17) is 42.4 Å². The molecule has 408 valence electrons. The van der Waals surface area contributed by atoms with Crippen LogP contribution < -0.4 is 31.7 Å². The van der Waals surface area contributed by atoms with Crippen LogP contribution in [0.5, 0.6) is 0 Å². The molecule has 10 rings (SSSR count). The number of carbonyl (C=O) groups is 4. The monoisotopic (exact) mass is 1150 g/mol. The number of esters is 2. The second-order valence-electron chi connectivity index (χ2n) is 19.8. The molecule has 2 saturated heterocycles. The Kier molecular flexibility index (Phi) is 16.5. The molecule has 1 spiro atoms. The highest BCUT2D eigenvalue weighted by molar-refractivity contribution is 8.07. The fourth-order valence-corrected chi connectivity index (χ4v) is 14.2. The molecule has 2 aliphatic carbocycles. The number of nitrogen functional groups attached to an aromatic ring is 1. The third-order valence-electron chi connectivity index (χ3n) is 14.4. The van der Waals surface area contributed by atoms with Crippen LogP contribution in [-0.2, 0) is 35.7 Å². The third kappa shape index (κ3) is 11.6. The molecule has 0 radical (unpaired) electrons. The summed E-state index contributed by atoms with van der Waals surface area (Å²) in [4.78, 5) is 86.2. The Morgan fingerprint density at radius 2 is 1.73 bits per heavy atom. The van der Waals surface area contributed by atoms with E-state index in [1.54, 1.807) is 6.92 Å². The molecule has 1 unspecified atom stereocenters. The van der Waals surface area contributed by atoms with Crippen molar-refractivity contribution in [2.45, 2.75) is 112 Å². The lowest BCUT2D eigenvalue weighted by Crippen LogP contribution is -2.71. The first-order chi connectivity index (χ1) is 37.2. The van der Waals surface area contributed by atoms with Crippen molar-refractivity contribution in [2.75, 3.05) is 49.3 Å². The number of rotatable bonds is 23. The average Bonchev–Trinajstić information content (AvgIpc) is 4.19. The van der Waals surface area contributed by atoms with Gasteiger partial charge in [0.2, 0.25) is 17.0 Å². The highest BCUT2D eigenvalue weighted by Crippen LogP contribution is 2.54. The van der Waals surface area contributed by atoms with E-state index in [1.165, 1.54) is 50.5 Å². The zero-order valence-electron chi connectivity index (χ0n) is 42.2. The smallest absolute Gasteiger partial charge is 0.355 e. The minimum Gasteiger partial charge on any atom is -0.462 e.